The fraction of sp³-hybridized carbons (Fsp3) is 0.125. The van der Waals surface area contributed by atoms with Crippen LogP contribution in [-0.4, -0.2) is 32.0 Å². The Hall–Kier alpha value is -4.47. The summed E-state index contributed by atoms with van der Waals surface area (Å²) >= 11 is 0. The van der Waals surface area contributed by atoms with E-state index in [1.165, 1.54) is 65.3 Å². The number of rotatable bonds is 7. The van der Waals surface area contributed by atoms with E-state index in [0.29, 0.717) is 22.5 Å². The van der Waals surface area contributed by atoms with Crippen LogP contribution in [0.5, 0.6) is 0 Å². The molecule has 0 bridgehead atoms. The molecule has 0 atom stereocenters. The number of carbonyl (C=O) groups excluding carboxylic acids is 1. The van der Waals surface area contributed by atoms with Gasteiger partial charge in [0.2, 0.25) is 5.91 Å². The minimum atomic E-state index is -0.478. The number of halogens is 2. The van der Waals surface area contributed by atoms with Crippen molar-refractivity contribution in [3.8, 4) is 22.5 Å². The number of benzene rings is 2. The number of hydrogen-bond donors (Lipinski definition) is 1. The van der Waals surface area contributed by atoms with Crippen LogP contribution >= 0.6 is 0 Å². The first-order valence-corrected chi connectivity index (χ1v) is 10.3. The molecular formula is C24H19F2N5O3. The lowest BCUT2D eigenvalue weighted by atomic mass is 10.1. The molecule has 4 rings (SSSR count). The molecule has 8 nitrogen and oxygen atoms in total. The van der Waals surface area contributed by atoms with Crippen LogP contribution in [0.1, 0.15) is 0 Å². The Kier molecular flexibility index (Phi) is 6.67. The van der Waals surface area contributed by atoms with Crippen LogP contribution in [-0.2, 0) is 17.9 Å². The van der Waals surface area contributed by atoms with Gasteiger partial charge in [-0.05, 0) is 60.7 Å². The molecule has 0 aliphatic rings. The van der Waals surface area contributed by atoms with Crippen molar-refractivity contribution in [1.29, 1.82) is 0 Å². The first-order chi connectivity index (χ1) is 16.4. The molecule has 0 fully saturated rings. The SMILES string of the molecule is O=C(Cn1nc(-c2ccc(F)cc2)ccc1=O)NCCn1nc(-c2ccc(F)cc2)ccc1=O. The van der Waals surface area contributed by atoms with Gasteiger partial charge in [-0.1, -0.05) is 0 Å². The molecular weight excluding hydrogens is 444 g/mol. The first-order valence-electron chi connectivity index (χ1n) is 10.3. The molecule has 2 aromatic carbocycles. The van der Waals surface area contributed by atoms with E-state index in [2.05, 4.69) is 15.5 Å². The van der Waals surface area contributed by atoms with Gasteiger partial charge in [0.05, 0.1) is 17.9 Å². The third-order valence-corrected chi connectivity index (χ3v) is 4.95. The zero-order chi connectivity index (χ0) is 24.1. The standard InChI is InChI=1S/C24H19F2N5O3/c25-18-5-1-16(2-6-18)20-9-11-23(33)30(28-20)14-13-27-22(32)15-31-24(34)12-10-21(29-31)17-3-7-19(26)8-4-17/h1-12H,13-15H2,(H,27,32). The molecule has 0 saturated carbocycles. The highest BCUT2D eigenvalue weighted by molar-refractivity contribution is 5.75. The number of amides is 1. The molecule has 0 unspecified atom stereocenters. The summed E-state index contributed by atoms with van der Waals surface area (Å²) in [5.74, 6) is -1.25. The summed E-state index contributed by atoms with van der Waals surface area (Å²) < 4.78 is 28.5. The highest BCUT2D eigenvalue weighted by Gasteiger charge is 2.09. The van der Waals surface area contributed by atoms with E-state index in [0.717, 1.165) is 4.68 Å². The van der Waals surface area contributed by atoms with Crippen LogP contribution in [0.4, 0.5) is 8.78 Å². The summed E-state index contributed by atoms with van der Waals surface area (Å²) in [7, 11) is 0. The lowest BCUT2D eigenvalue weighted by molar-refractivity contribution is -0.121. The van der Waals surface area contributed by atoms with Gasteiger partial charge in [-0.25, -0.2) is 18.1 Å². The molecule has 4 aromatic rings. The fourth-order valence-electron chi connectivity index (χ4n) is 3.21. The van der Waals surface area contributed by atoms with Gasteiger partial charge in [-0.15, -0.1) is 0 Å². The van der Waals surface area contributed by atoms with Gasteiger partial charge in [0, 0.05) is 29.8 Å². The largest absolute Gasteiger partial charge is 0.353 e. The molecule has 2 heterocycles. The highest BCUT2D eigenvalue weighted by atomic mass is 19.1. The molecule has 0 spiro atoms. The average Bonchev–Trinajstić information content (AvgIpc) is 2.83. The zero-order valence-electron chi connectivity index (χ0n) is 17.8. The van der Waals surface area contributed by atoms with Gasteiger partial charge in [0.1, 0.15) is 18.2 Å². The summed E-state index contributed by atoms with van der Waals surface area (Å²) in [6, 6.07) is 17.0. The van der Waals surface area contributed by atoms with E-state index in [-0.39, 0.29) is 31.0 Å². The second-order valence-corrected chi connectivity index (χ2v) is 7.36. The Labute approximate surface area is 192 Å². The number of aromatic nitrogens is 4. The Morgan fingerprint density at radius 3 is 1.71 bits per heavy atom. The minimum Gasteiger partial charge on any atom is -0.353 e. The number of carbonyl (C=O) groups is 1. The van der Waals surface area contributed by atoms with Gasteiger partial charge in [-0.2, -0.15) is 10.2 Å². The Morgan fingerprint density at radius 2 is 1.18 bits per heavy atom. The van der Waals surface area contributed by atoms with Gasteiger partial charge in [0.25, 0.3) is 11.1 Å². The molecule has 0 saturated heterocycles. The molecule has 10 heteroatoms. The van der Waals surface area contributed by atoms with E-state index in [9.17, 15) is 23.2 Å². The van der Waals surface area contributed by atoms with Crippen molar-refractivity contribution >= 4 is 5.91 Å². The molecule has 34 heavy (non-hydrogen) atoms. The van der Waals surface area contributed by atoms with Crippen molar-refractivity contribution in [2.24, 2.45) is 0 Å². The molecule has 0 aliphatic carbocycles. The van der Waals surface area contributed by atoms with Gasteiger partial charge in [-0.3, -0.25) is 14.4 Å². The lowest BCUT2D eigenvalue weighted by Crippen LogP contribution is -2.36. The smallest absolute Gasteiger partial charge is 0.267 e. The fourth-order valence-corrected chi connectivity index (χ4v) is 3.21. The van der Waals surface area contributed by atoms with E-state index < -0.39 is 17.3 Å². The summed E-state index contributed by atoms with van der Waals surface area (Å²) in [5, 5.41) is 11.1. The van der Waals surface area contributed by atoms with Crippen LogP contribution < -0.4 is 16.4 Å². The zero-order valence-corrected chi connectivity index (χ0v) is 17.8. The van der Waals surface area contributed by atoms with Crippen molar-refractivity contribution < 1.29 is 13.6 Å². The van der Waals surface area contributed by atoms with Crippen LogP contribution in [0, 0.1) is 11.6 Å². The number of nitrogens with zero attached hydrogens (tertiary/aromatic N) is 4. The van der Waals surface area contributed by atoms with Crippen molar-refractivity contribution in [3.63, 3.8) is 0 Å². The van der Waals surface area contributed by atoms with E-state index in [1.54, 1.807) is 12.1 Å². The molecule has 0 aliphatic heterocycles. The normalized spacial score (nSPS) is 10.8. The molecule has 1 N–H and O–H groups in total. The van der Waals surface area contributed by atoms with Crippen molar-refractivity contribution in [3.05, 3.63) is 105 Å². The molecule has 1 amide bonds. The van der Waals surface area contributed by atoms with Crippen molar-refractivity contribution in [2.45, 2.75) is 13.1 Å². The third-order valence-electron chi connectivity index (χ3n) is 4.95. The molecule has 172 valence electrons. The summed E-state index contributed by atoms with van der Waals surface area (Å²) in [6.45, 7) is -0.144. The van der Waals surface area contributed by atoms with Gasteiger partial charge in [0.15, 0.2) is 0 Å². The third kappa shape index (κ3) is 5.47. The summed E-state index contributed by atoms with van der Waals surface area (Å²) in [6.07, 6.45) is 0. The van der Waals surface area contributed by atoms with E-state index in [1.807, 2.05) is 0 Å². The Bertz CT molecular complexity index is 1430. The van der Waals surface area contributed by atoms with E-state index in [4.69, 9.17) is 0 Å². The quantitative estimate of drug-likeness (QED) is 0.453. The molecule has 0 radical (unpaired) electrons. The Balaban J connectivity index is 1.39. The van der Waals surface area contributed by atoms with E-state index >= 15 is 0 Å². The molecule has 2 aromatic heterocycles. The topological polar surface area (TPSA) is 98.9 Å². The summed E-state index contributed by atoms with van der Waals surface area (Å²) in [5.41, 5.74) is 1.32. The number of hydrogen-bond acceptors (Lipinski definition) is 5. The van der Waals surface area contributed by atoms with Crippen LogP contribution in [0.25, 0.3) is 22.5 Å². The van der Waals surface area contributed by atoms with Crippen molar-refractivity contribution in [2.75, 3.05) is 6.54 Å². The maximum Gasteiger partial charge on any atom is 0.267 e. The van der Waals surface area contributed by atoms with Gasteiger partial charge >= 0.3 is 0 Å². The minimum absolute atomic E-state index is 0.0883. The second kappa shape index (κ2) is 9.99. The monoisotopic (exact) mass is 463 g/mol. The maximum atomic E-state index is 13.1. The van der Waals surface area contributed by atoms with Gasteiger partial charge < -0.3 is 5.32 Å². The van der Waals surface area contributed by atoms with Crippen LogP contribution in [0.3, 0.4) is 0 Å². The summed E-state index contributed by atoms with van der Waals surface area (Å²) in [4.78, 5) is 36.6. The number of nitrogens with one attached hydrogen (secondary N) is 1. The van der Waals surface area contributed by atoms with Crippen LogP contribution in [0.15, 0.2) is 82.4 Å². The predicted molar refractivity (Wildman–Crippen MR) is 121 cm³/mol. The predicted octanol–water partition coefficient (Wildman–Crippen LogP) is 2.23. The second-order valence-electron chi connectivity index (χ2n) is 7.36. The maximum absolute atomic E-state index is 13.1. The first kappa shape index (κ1) is 22.7. The highest BCUT2D eigenvalue weighted by Crippen LogP contribution is 2.16. The van der Waals surface area contributed by atoms with Crippen molar-refractivity contribution in [1.82, 2.24) is 24.9 Å². The average molecular weight is 463 g/mol. The van der Waals surface area contributed by atoms with Crippen LogP contribution in [0.2, 0.25) is 0 Å². The Morgan fingerprint density at radius 1 is 0.706 bits per heavy atom. The lowest BCUT2D eigenvalue weighted by Gasteiger charge is -2.10.